The molecule has 2 aromatic rings. The molecule has 22 heavy (non-hydrogen) atoms. The Labute approximate surface area is 131 Å². The fourth-order valence-corrected chi connectivity index (χ4v) is 3.10. The van der Waals surface area contributed by atoms with Crippen LogP contribution in [0.25, 0.3) is 0 Å². The van der Waals surface area contributed by atoms with Crippen LogP contribution in [-0.4, -0.2) is 23.1 Å². The van der Waals surface area contributed by atoms with E-state index in [4.69, 9.17) is 4.42 Å². The van der Waals surface area contributed by atoms with Crippen molar-refractivity contribution in [3.63, 3.8) is 0 Å². The zero-order valence-corrected chi connectivity index (χ0v) is 13.6. The third kappa shape index (κ3) is 3.24. The highest BCUT2D eigenvalue weighted by Crippen LogP contribution is 2.25. The zero-order chi connectivity index (χ0) is 15.5. The van der Waals surface area contributed by atoms with Gasteiger partial charge in [0, 0.05) is 24.7 Å². The number of hydrogen-bond donors (Lipinski definition) is 1. The fraction of sp³-hybridized carbons (Fsp3) is 0.529. The molecule has 1 atom stereocenters. The highest BCUT2D eigenvalue weighted by molar-refractivity contribution is 5.50. The van der Waals surface area contributed by atoms with Gasteiger partial charge in [-0.05, 0) is 46.1 Å². The molecule has 0 saturated carbocycles. The lowest BCUT2D eigenvalue weighted by molar-refractivity contribution is 0.499. The van der Waals surface area contributed by atoms with Crippen LogP contribution in [0.3, 0.4) is 0 Å². The molecule has 118 valence electrons. The molecule has 2 aromatic heterocycles. The van der Waals surface area contributed by atoms with Crippen LogP contribution < -0.4 is 10.2 Å². The van der Waals surface area contributed by atoms with Gasteiger partial charge in [0.05, 0.1) is 6.04 Å². The van der Waals surface area contributed by atoms with Crippen LogP contribution >= 0.6 is 0 Å². The van der Waals surface area contributed by atoms with E-state index >= 15 is 0 Å². The summed E-state index contributed by atoms with van der Waals surface area (Å²) in [7, 11) is 0. The van der Waals surface area contributed by atoms with E-state index in [0.29, 0.717) is 0 Å². The Balaban J connectivity index is 1.73. The van der Waals surface area contributed by atoms with E-state index in [1.165, 1.54) is 24.8 Å². The summed E-state index contributed by atoms with van der Waals surface area (Å²) in [5.74, 6) is 3.78. The average Bonchev–Trinajstić information content (AvgIpc) is 2.87. The highest BCUT2D eigenvalue weighted by atomic mass is 16.3. The maximum absolute atomic E-state index is 5.61. The first kappa shape index (κ1) is 14.9. The van der Waals surface area contributed by atoms with E-state index in [2.05, 4.69) is 33.2 Å². The van der Waals surface area contributed by atoms with Crippen LogP contribution in [0.2, 0.25) is 0 Å². The van der Waals surface area contributed by atoms with E-state index in [1.54, 1.807) is 6.33 Å². The molecular weight excluding hydrogens is 276 g/mol. The minimum atomic E-state index is 0.154. The van der Waals surface area contributed by atoms with Gasteiger partial charge in [0.1, 0.15) is 29.5 Å². The smallest absolute Gasteiger partial charge is 0.134 e. The summed E-state index contributed by atoms with van der Waals surface area (Å²) >= 11 is 0. The molecule has 1 N–H and O–H groups in total. The Morgan fingerprint density at radius 2 is 1.91 bits per heavy atom. The van der Waals surface area contributed by atoms with Gasteiger partial charge in [-0.2, -0.15) is 0 Å². The third-order valence-electron chi connectivity index (χ3n) is 4.24. The quantitative estimate of drug-likeness (QED) is 0.929. The Kier molecular flexibility index (Phi) is 4.32. The predicted octanol–water partition coefficient (Wildman–Crippen LogP) is 3.85. The molecule has 0 amide bonds. The number of aromatic nitrogens is 2. The standard InChI is InChI=1S/C17H24N4O/c1-12-9-15(14(3)22-12)13(2)20-16-10-17(19-11-18-16)21-7-5-4-6-8-21/h9-11,13H,4-8H2,1-3H3,(H,18,19,20). The SMILES string of the molecule is Cc1cc(C(C)Nc2cc(N3CCCCC3)ncn2)c(C)o1. The van der Waals surface area contributed by atoms with Gasteiger partial charge in [0.25, 0.3) is 0 Å². The Morgan fingerprint density at radius 1 is 1.14 bits per heavy atom. The average molecular weight is 300 g/mol. The second-order valence-corrected chi connectivity index (χ2v) is 6.04. The minimum absolute atomic E-state index is 0.154. The number of furan rings is 1. The van der Waals surface area contributed by atoms with Crippen LogP contribution in [-0.2, 0) is 0 Å². The summed E-state index contributed by atoms with van der Waals surface area (Å²) in [4.78, 5) is 11.1. The first-order valence-electron chi connectivity index (χ1n) is 8.04. The Bertz CT molecular complexity index is 631. The van der Waals surface area contributed by atoms with Crippen LogP contribution in [0.1, 0.15) is 49.3 Å². The monoisotopic (exact) mass is 300 g/mol. The summed E-state index contributed by atoms with van der Waals surface area (Å²) in [6.07, 6.45) is 5.46. The van der Waals surface area contributed by atoms with Crippen molar-refractivity contribution < 1.29 is 4.42 Å². The molecule has 0 aliphatic carbocycles. The first-order valence-corrected chi connectivity index (χ1v) is 8.04. The molecule has 3 heterocycles. The van der Waals surface area contributed by atoms with Crippen molar-refractivity contribution >= 4 is 11.6 Å². The number of rotatable bonds is 4. The molecule has 1 fully saturated rings. The van der Waals surface area contributed by atoms with Crippen molar-refractivity contribution in [3.05, 3.63) is 35.5 Å². The molecule has 3 rings (SSSR count). The molecule has 1 unspecified atom stereocenters. The molecule has 5 heteroatoms. The van der Waals surface area contributed by atoms with Gasteiger partial charge in [-0.3, -0.25) is 0 Å². The van der Waals surface area contributed by atoms with Gasteiger partial charge >= 0.3 is 0 Å². The molecule has 0 bridgehead atoms. The van der Waals surface area contributed by atoms with Gasteiger partial charge in [-0.1, -0.05) is 0 Å². The number of aryl methyl sites for hydroxylation is 2. The molecule has 0 aromatic carbocycles. The Hall–Kier alpha value is -2.04. The summed E-state index contributed by atoms with van der Waals surface area (Å²) in [6, 6.07) is 4.28. The van der Waals surface area contributed by atoms with Gasteiger partial charge < -0.3 is 14.6 Å². The van der Waals surface area contributed by atoms with Crippen molar-refractivity contribution in [1.29, 1.82) is 0 Å². The maximum atomic E-state index is 5.61. The number of nitrogens with zero attached hydrogens (tertiary/aromatic N) is 3. The summed E-state index contributed by atoms with van der Waals surface area (Å²) in [5, 5.41) is 3.45. The van der Waals surface area contributed by atoms with Crippen LogP contribution in [0.4, 0.5) is 11.6 Å². The van der Waals surface area contributed by atoms with E-state index in [9.17, 15) is 0 Å². The molecule has 0 radical (unpaired) electrons. The molecule has 1 aliphatic heterocycles. The normalized spacial score (nSPS) is 16.6. The van der Waals surface area contributed by atoms with Crippen LogP contribution in [0, 0.1) is 13.8 Å². The van der Waals surface area contributed by atoms with Crippen molar-refractivity contribution in [2.75, 3.05) is 23.3 Å². The molecule has 0 spiro atoms. The minimum Gasteiger partial charge on any atom is -0.466 e. The van der Waals surface area contributed by atoms with E-state index in [0.717, 1.165) is 36.2 Å². The van der Waals surface area contributed by atoms with Crippen molar-refractivity contribution in [1.82, 2.24) is 9.97 Å². The lowest BCUT2D eigenvalue weighted by Crippen LogP contribution is -2.30. The number of anilines is 2. The number of hydrogen-bond acceptors (Lipinski definition) is 5. The summed E-state index contributed by atoms with van der Waals surface area (Å²) < 4.78 is 5.61. The van der Waals surface area contributed by atoms with Gasteiger partial charge in [-0.25, -0.2) is 9.97 Å². The number of nitrogens with one attached hydrogen (secondary N) is 1. The van der Waals surface area contributed by atoms with Crippen molar-refractivity contribution in [2.24, 2.45) is 0 Å². The predicted molar refractivity (Wildman–Crippen MR) is 88.3 cm³/mol. The topological polar surface area (TPSA) is 54.2 Å². The van der Waals surface area contributed by atoms with Gasteiger partial charge in [0.15, 0.2) is 0 Å². The maximum Gasteiger partial charge on any atom is 0.134 e. The van der Waals surface area contributed by atoms with E-state index in [1.807, 2.05) is 19.9 Å². The van der Waals surface area contributed by atoms with Gasteiger partial charge in [0.2, 0.25) is 0 Å². The number of piperidine rings is 1. The Morgan fingerprint density at radius 3 is 2.59 bits per heavy atom. The van der Waals surface area contributed by atoms with Crippen LogP contribution in [0.5, 0.6) is 0 Å². The lowest BCUT2D eigenvalue weighted by atomic mass is 10.1. The summed E-state index contributed by atoms with van der Waals surface area (Å²) in [6.45, 7) is 8.28. The van der Waals surface area contributed by atoms with Crippen molar-refractivity contribution in [2.45, 2.75) is 46.1 Å². The molecule has 1 saturated heterocycles. The van der Waals surface area contributed by atoms with Crippen molar-refractivity contribution in [3.8, 4) is 0 Å². The largest absolute Gasteiger partial charge is 0.466 e. The first-order chi connectivity index (χ1) is 10.6. The highest BCUT2D eigenvalue weighted by Gasteiger charge is 2.15. The molecule has 1 aliphatic rings. The molecular formula is C17H24N4O. The van der Waals surface area contributed by atoms with Gasteiger partial charge in [-0.15, -0.1) is 0 Å². The fourth-order valence-electron chi connectivity index (χ4n) is 3.10. The second kappa shape index (κ2) is 6.38. The third-order valence-corrected chi connectivity index (χ3v) is 4.24. The second-order valence-electron chi connectivity index (χ2n) is 6.04. The van der Waals surface area contributed by atoms with E-state index in [-0.39, 0.29) is 6.04 Å². The van der Waals surface area contributed by atoms with E-state index < -0.39 is 0 Å². The van der Waals surface area contributed by atoms with Crippen LogP contribution in [0.15, 0.2) is 22.9 Å². The summed E-state index contributed by atoms with van der Waals surface area (Å²) in [5.41, 5.74) is 1.18. The zero-order valence-electron chi connectivity index (χ0n) is 13.6. The molecule has 5 nitrogen and oxygen atoms in total. The lowest BCUT2D eigenvalue weighted by Gasteiger charge is -2.27.